The van der Waals surface area contributed by atoms with Crippen molar-refractivity contribution in [3.8, 4) is 0 Å². The molecule has 0 amide bonds. The summed E-state index contributed by atoms with van der Waals surface area (Å²) in [6.07, 6.45) is 0.870. The van der Waals surface area contributed by atoms with Crippen LogP contribution >= 0.6 is 0 Å². The molecule has 0 radical (unpaired) electrons. The molecule has 88 valence electrons. The van der Waals surface area contributed by atoms with E-state index in [9.17, 15) is 5.11 Å². The molecule has 0 aliphatic heterocycles. The van der Waals surface area contributed by atoms with Gasteiger partial charge in [0.2, 0.25) is 0 Å². The first-order chi connectivity index (χ1) is 7.80. The van der Waals surface area contributed by atoms with Crippen molar-refractivity contribution in [3.63, 3.8) is 0 Å². The van der Waals surface area contributed by atoms with Crippen LogP contribution in [-0.2, 0) is 11.3 Å². The maximum absolute atomic E-state index is 9.26. The predicted molar refractivity (Wildman–Crippen MR) is 60.8 cm³/mol. The first-order valence-corrected chi connectivity index (χ1v) is 5.64. The van der Waals surface area contributed by atoms with Crippen LogP contribution in [0.4, 0.5) is 0 Å². The molecular weight excluding hydrogens is 204 g/mol. The summed E-state index contributed by atoms with van der Waals surface area (Å²) in [5, 5.41) is 18.3. The smallest absolute Gasteiger partial charge is 0.0717 e. The zero-order valence-corrected chi connectivity index (χ0v) is 9.30. The first-order valence-electron chi connectivity index (χ1n) is 5.64. The average Bonchev–Trinajstić information content (AvgIpc) is 3.05. The van der Waals surface area contributed by atoms with Gasteiger partial charge in [-0.25, -0.2) is 0 Å². The summed E-state index contributed by atoms with van der Waals surface area (Å²) in [5.74, 6) is 0.216. The Morgan fingerprint density at radius 1 is 1.25 bits per heavy atom. The predicted octanol–water partition coefficient (Wildman–Crippen LogP) is 1.19. The van der Waals surface area contributed by atoms with Gasteiger partial charge in [0, 0.05) is 12.0 Å². The van der Waals surface area contributed by atoms with Crippen molar-refractivity contribution in [2.24, 2.45) is 11.3 Å². The van der Waals surface area contributed by atoms with Gasteiger partial charge in [-0.2, -0.15) is 0 Å². The van der Waals surface area contributed by atoms with Crippen molar-refractivity contribution < 1.29 is 14.9 Å². The van der Waals surface area contributed by atoms with E-state index < -0.39 is 0 Å². The number of benzene rings is 1. The fraction of sp³-hybridized carbons (Fsp3) is 0.538. The highest BCUT2D eigenvalue weighted by molar-refractivity contribution is 5.13. The first kappa shape index (κ1) is 11.6. The van der Waals surface area contributed by atoms with Gasteiger partial charge in [0.25, 0.3) is 0 Å². The summed E-state index contributed by atoms with van der Waals surface area (Å²) in [4.78, 5) is 0. The van der Waals surface area contributed by atoms with Crippen LogP contribution in [-0.4, -0.2) is 30.0 Å². The third-order valence-electron chi connectivity index (χ3n) is 3.40. The van der Waals surface area contributed by atoms with E-state index in [4.69, 9.17) is 9.84 Å². The van der Waals surface area contributed by atoms with Crippen molar-refractivity contribution in [1.29, 1.82) is 0 Å². The van der Waals surface area contributed by atoms with Crippen molar-refractivity contribution in [2.45, 2.75) is 13.0 Å². The highest BCUT2D eigenvalue weighted by atomic mass is 16.5. The number of aliphatic hydroxyl groups is 2. The van der Waals surface area contributed by atoms with Gasteiger partial charge in [-0.3, -0.25) is 0 Å². The molecule has 3 nitrogen and oxygen atoms in total. The lowest BCUT2D eigenvalue weighted by molar-refractivity contribution is 0.0388. The molecule has 1 aliphatic rings. The minimum atomic E-state index is -0.177. The normalized spacial score (nSPS) is 28.0. The summed E-state index contributed by atoms with van der Waals surface area (Å²) in [5.41, 5.74) is 0.959. The lowest BCUT2D eigenvalue weighted by Crippen LogP contribution is -2.19. The second-order valence-electron chi connectivity index (χ2n) is 4.58. The van der Waals surface area contributed by atoms with Crippen LogP contribution in [0.3, 0.4) is 0 Å². The Kier molecular flexibility index (Phi) is 3.59. The fourth-order valence-electron chi connectivity index (χ4n) is 2.05. The van der Waals surface area contributed by atoms with Gasteiger partial charge in [0.15, 0.2) is 0 Å². The largest absolute Gasteiger partial charge is 0.396 e. The van der Waals surface area contributed by atoms with Gasteiger partial charge in [-0.15, -0.1) is 0 Å². The van der Waals surface area contributed by atoms with Crippen LogP contribution in [0, 0.1) is 11.3 Å². The Balaban J connectivity index is 1.76. The van der Waals surface area contributed by atoms with Crippen LogP contribution in [0.15, 0.2) is 30.3 Å². The molecule has 1 aromatic carbocycles. The second-order valence-corrected chi connectivity index (χ2v) is 4.58. The van der Waals surface area contributed by atoms with Gasteiger partial charge in [0.1, 0.15) is 0 Å². The molecule has 2 N–H and O–H groups in total. The molecule has 0 unspecified atom stereocenters. The molecule has 0 bridgehead atoms. The highest BCUT2D eigenvalue weighted by Crippen LogP contribution is 2.51. The van der Waals surface area contributed by atoms with Gasteiger partial charge in [-0.1, -0.05) is 30.3 Å². The standard InChI is InChI=1S/C13H18O3/c14-7-12-6-13(12,9-15)10-16-8-11-4-2-1-3-5-11/h1-5,12,14-15H,6-10H2/t12-,13+/m0/s1. The van der Waals surface area contributed by atoms with Crippen LogP contribution in [0.2, 0.25) is 0 Å². The number of ether oxygens (including phenoxy) is 1. The summed E-state index contributed by atoms with van der Waals surface area (Å²) in [6, 6.07) is 9.97. The molecule has 1 fully saturated rings. The lowest BCUT2D eigenvalue weighted by Gasteiger charge is -2.14. The van der Waals surface area contributed by atoms with Crippen molar-refractivity contribution in [2.75, 3.05) is 19.8 Å². The van der Waals surface area contributed by atoms with E-state index in [2.05, 4.69) is 0 Å². The number of hydrogen-bond acceptors (Lipinski definition) is 3. The fourth-order valence-corrected chi connectivity index (χ4v) is 2.05. The van der Waals surface area contributed by atoms with E-state index in [1.54, 1.807) is 0 Å². The molecule has 1 aliphatic carbocycles. The minimum Gasteiger partial charge on any atom is -0.396 e. The summed E-state index contributed by atoms with van der Waals surface area (Å²) in [7, 11) is 0. The summed E-state index contributed by atoms with van der Waals surface area (Å²) in [6.45, 7) is 1.35. The molecule has 1 saturated carbocycles. The minimum absolute atomic E-state index is 0.104. The molecule has 0 saturated heterocycles. The molecular formula is C13H18O3. The Bertz CT molecular complexity index is 325. The van der Waals surface area contributed by atoms with Crippen molar-refractivity contribution >= 4 is 0 Å². The highest BCUT2D eigenvalue weighted by Gasteiger charge is 2.53. The third kappa shape index (κ3) is 2.43. The second kappa shape index (κ2) is 4.95. The average molecular weight is 222 g/mol. The molecule has 1 aromatic rings. The lowest BCUT2D eigenvalue weighted by atomic mass is 10.1. The van der Waals surface area contributed by atoms with Crippen LogP contribution in [0.5, 0.6) is 0 Å². The van der Waals surface area contributed by atoms with E-state index in [0.717, 1.165) is 12.0 Å². The zero-order chi connectivity index (χ0) is 11.4. The molecule has 2 atom stereocenters. The van der Waals surface area contributed by atoms with Crippen LogP contribution < -0.4 is 0 Å². The zero-order valence-electron chi connectivity index (χ0n) is 9.30. The molecule has 0 aromatic heterocycles. The molecule has 3 heteroatoms. The summed E-state index contributed by atoms with van der Waals surface area (Å²) >= 11 is 0. The van der Waals surface area contributed by atoms with Gasteiger partial charge in [0.05, 0.1) is 19.8 Å². The Morgan fingerprint density at radius 2 is 2.00 bits per heavy atom. The van der Waals surface area contributed by atoms with E-state index in [-0.39, 0.29) is 24.5 Å². The van der Waals surface area contributed by atoms with E-state index in [1.165, 1.54) is 0 Å². The van der Waals surface area contributed by atoms with Crippen LogP contribution in [0.1, 0.15) is 12.0 Å². The van der Waals surface area contributed by atoms with Gasteiger partial charge < -0.3 is 14.9 Å². The quantitative estimate of drug-likeness (QED) is 0.760. The topological polar surface area (TPSA) is 49.7 Å². The van der Waals surface area contributed by atoms with Crippen LogP contribution in [0.25, 0.3) is 0 Å². The van der Waals surface area contributed by atoms with Crippen molar-refractivity contribution in [3.05, 3.63) is 35.9 Å². The van der Waals surface area contributed by atoms with E-state index in [0.29, 0.717) is 13.2 Å². The Hall–Kier alpha value is -0.900. The van der Waals surface area contributed by atoms with Gasteiger partial charge in [-0.05, 0) is 17.9 Å². The molecule has 16 heavy (non-hydrogen) atoms. The number of rotatable bonds is 6. The molecule has 0 heterocycles. The van der Waals surface area contributed by atoms with Gasteiger partial charge >= 0.3 is 0 Å². The Labute approximate surface area is 95.7 Å². The monoisotopic (exact) mass is 222 g/mol. The summed E-state index contributed by atoms with van der Waals surface area (Å²) < 4.78 is 5.60. The van der Waals surface area contributed by atoms with E-state index >= 15 is 0 Å². The number of aliphatic hydroxyl groups excluding tert-OH is 2. The van der Waals surface area contributed by atoms with E-state index in [1.807, 2.05) is 30.3 Å². The maximum Gasteiger partial charge on any atom is 0.0717 e. The number of hydrogen-bond donors (Lipinski definition) is 2. The van der Waals surface area contributed by atoms with Crippen molar-refractivity contribution in [1.82, 2.24) is 0 Å². The SMILES string of the molecule is OC[C@@H]1C[C@@]1(CO)COCc1ccccc1. The maximum atomic E-state index is 9.26. The molecule has 0 spiro atoms. The Morgan fingerprint density at radius 3 is 2.56 bits per heavy atom. The molecule has 2 rings (SSSR count). The third-order valence-corrected chi connectivity index (χ3v) is 3.40.